The van der Waals surface area contributed by atoms with Crippen LogP contribution in [0.2, 0.25) is 5.02 Å². The van der Waals surface area contributed by atoms with Crippen LogP contribution >= 0.6 is 11.6 Å². The number of ether oxygens (including phenoxy) is 2. The number of rotatable bonds is 4. The van der Waals surface area contributed by atoms with Gasteiger partial charge in [-0.15, -0.1) is 0 Å². The Labute approximate surface area is 138 Å². The van der Waals surface area contributed by atoms with Crippen LogP contribution in [0.25, 0.3) is 0 Å². The van der Waals surface area contributed by atoms with Crippen LogP contribution in [0, 0.1) is 10.1 Å². The molecule has 7 nitrogen and oxygen atoms in total. The van der Waals surface area contributed by atoms with E-state index in [2.05, 4.69) is 5.32 Å². The molecule has 0 bridgehead atoms. The van der Waals surface area contributed by atoms with E-state index in [1.54, 1.807) is 0 Å². The van der Waals surface area contributed by atoms with Crippen LogP contribution < -0.4 is 5.32 Å². The molecule has 1 saturated heterocycles. The van der Waals surface area contributed by atoms with Gasteiger partial charge in [0.25, 0.3) is 11.6 Å². The van der Waals surface area contributed by atoms with Crippen LogP contribution in [-0.4, -0.2) is 35.9 Å². The topological polar surface area (TPSA) is 90.7 Å². The fourth-order valence-electron chi connectivity index (χ4n) is 3.04. The molecule has 1 amide bonds. The molecule has 1 aliphatic heterocycles. The Morgan fingerprint density at radius 1 is 1.43 bits per heavy atom. The van der Waals surface area contributed by atoms with Gasteiger partial charge in [0, 0.05) is 30.5 Å². The van der Waals surface area contributed by atoms with Crippen molar-refractivity contribution in [3.8, 4) is 0 Å². The van der Waals surface area contributed by atoms with Gasteiger partial charge in [-0.05, 0) is 25.0 Å². The average Bonchev–Trinajstić information content (AvgIpc) is 3.15. The van der Waals surface area contributed by atoms with Crippen molar-refractivity contribution in [1.82, 2.24) is 5.32 Å². The molecular formula is C15H17ClN2O5. The van der Waals surface area contributed by atoms with E-state index >= 15 is 0 Å². The number of nitrogens with one attached hydrogen (secondary N) is 1. The lowest BCUT2D eigenvalue weighted by Gasteiger charge is -2.21. The van der Waals surface area contributed by atoms with Crippen molar-refractivity contribution in [2.24, 2.45) is 0 Å². The standard InChI is InChI=1S/C15H17ClN2O5/c16-10-3-4-13(18(20)21)12(7-10)14(19)17-8-11-9-22-15(23-11)5-1-2-6-15/h3-4,7,11H,1-2,5-6,8-9H2,(H,17,19)/t11-/m0/s1. The summed E-state index contributed by atoms with van der Waals surface area (Å²) < 4.78 is 11.6. The van der Waals surface area contributed by atoms with E-state index in [4.69, 9.17) is 21.1 Å². The molecule has 2 aliphatic rings. The molecule has 1 aliphatic carbocycles. The van der Waals surface area contributed by atoms with Gasteiger partial charge in [0.2, 0.25) is 0 Å². The molecule has 23 heavy (non-hydrogen) atoms. The maximum absolute atomic E-state index is 12.2. The van der Waals surface area contributed by atoms with Crippen molar-refractivity contribution in [3.63, 3.8) is 0 Å². The summed E-state index contributed by atoms with van der Waals surface area (Å²) in [7, 11) is 0. The minimum absolute atomic E-state index is 0.0583. The molecule has 8 heteroatoms. The highest BCUT2D eigenvalue weighted by Crippen LogP contribution is 2.39. The lowest BCUT2D eigenvalue weighted by Crippen LogP contribution is -2.35. The number of amides is 1. The van der Waals surface area contributed by atoms with Crippen molar-refractivity contribution in [3.05, 3.63) is 38.9 Å². The number of halogens is 1. The van der Waals surface area contributed by atoms with Gasteiger partial charge in [-0.3, -0.25) is 14.9 Å². The summed E-state index contributed by atoms with van der Waals surface area (Å²) in [5.74, 6) is -1.03. The first-order valence-electron chi connectivity index (χ1n) is 7.53. The largest absolute Gasteiger partial charge is 0.349 e. The molecule has 1 heterocycles. The van der Waals surface area contributed by atoms with E-state index < -0.39 is 16.6 Å². The van der Waals surface area contributed by atoms with Crippen molar-refractivity contribution >= 4 is 23.2 Å². The fourth-order valence-corrected chi connectivity index (χ4v) is 3.22. The molecule has 0 unspecified atom stereocenters. The summed E-state index contributed by atoms with van der Waals surface area (Å²) >= 11 is 5.83. The summed E-state index contributed by atoms with van der Waals surface area (Å²) in [6.07, 6.45) is 3.66. The highest BCUT2D eigenvalue weighted by molar-refractivity contribution is 6.31. The van der Waals surface area contributed by atoms with E-state index in [0.717, 1.165) is 25.7 Å². The molecule has 0 radical (unpaired) electrons. The maximum atomic E-state index is 12.2. The molecule has 124 valence electrons. The Morgan fingerprint density at radius 3 is 2.87 bits per heavy atom. The third-order valence-corrected chi connectivity index (χ3v) is 4.40. The molecule has 0 aromatic heterocycles. The second-order valence-corrected chi connectivity index (χ2v) is 6.23. The smallest absolute Gasteiger partial charge is 0.282 e. The Bertz CT molecular complexity index is 630. The van der Waals surface area contributed by atoms with Crippen LogP contribution in [0.1, 0.15) is 36.0 Å². The second-order valence-electron chi connectivity index (χ2n) is 5.80. The number of carbonyl (C=O) groups excluding carboxylic acids is 1. The van der Waals surface area contributed by atoms with Crippen molar-refractivity contribution in [2.45, 2.75) is 37.6 Å². The zero-order valence-corrected chi connectivity index (χ0v) is 13.2. The number of nitrogens with zero attached hydrogens (tertiary/aromatic N) is 1. The number of nitro benzene ring substituents is 1. The van der Waals surface area contributed by atoms with Crippen molar-refractivity contribution < 1.29 is 19.2 Å². The van der Waals surface area contributed by atoms with Gasteiger partial charge in [-0.2, -0.15) is 0 Å². The molecular weight excluding hydrogens is 324 g/mol. The van der Waals surface area contributed by atoms with Gasteiger partial charge in [-0.1, -0.05) is 11.6 Å². The van der Waals surface area contributed by atoms with Gasteiger partial charge in [0.15, 0.2) is 5.79 Å². The van der Waals surface area contributed by atoms with Crippen LogP contribution in [0.4, 0.5) is 5.69 Å². The van der Waals surface area contributed by atoms with E-state index in [1.165, 1.54) is 18.2 Å². The first-order valence-corrected chi connectivity index (χ1v) is 7.91. The molecule has 3 rings (SSSR count). The maximum Gasteiger partial charge on any atom is 0.282 e. The number of benzene rings is 1. The average molecular weight is 341 g/mol. The third kappa shape index (κ3) is 3.46. The number of nitro groups is 1. The Hall–Kier alpha value is -1.70. The molecule has 1 saturated carbocycles. The molecule has 2 fully saturated rings. The Morgan fingerprint density at radius 2 is 2.17 bits per heavy atom. The minimum atomic E-state index is -0.603. The quantitative estimate of drug-likeness (QED) is 0.672. The van der Waals surface area contributed by atoms with Crippen LogP contribution in [0.3, 0.4) is 0 Å². The van der Waals surface area contributed by atoms with Crippen LogP contribution in [-0.2, 0) is 9.47 Å². The van der Waals surface area contributed by atoms with Gasteiger partial charge >= 0.3 is 0 Å². The zero-order valence-electron chi connectivity index (χ0n) is 12.4. The number of hydrogen-bond acceptors (Lipinski definition) is 5. The summed E-state index contributed by atoms with van der Waals surface area (Å²) in [5, 5.41) is 13.9. The van der Waals surface area contributed by atoms with Gasteiger partial charge < -0.3 is 14.8 Å². The summed E-state index contributed by atoms with van der Waals surface area (Å²) in [5.41, 5.74) is -0.334. The predicted octanol–water partition coefficient (Wildman–Crippen LogP) is 2.66. The first kappa shape index (κ1) is 16.2. The number of hydrogen-bond donors (Lipinski definition) is 1. The molecule has 1 N–H and O–H groups in total. The summed E-state index contributed by atoms with van der Waals surface area (Å²) in [6.45, 7) is 0.655. The lowest BCUT2D eigenvalue weighted by molar-refractivity contribution is -0.385. The monoisotopic (exact) mass is 340 g/mol. The minimum Gasteiger partial charge on any atom is -0.349 e. The first-order chi connectivity index (χ1) is 11.0. The zero-order chi connectivity index (χ0) is 16.4. The van der Waals surface area contributed by atoms with Crippen molar-refractivity contribution in [2.75, 3.05) is 13.2 Å². The molecule has 1 aromatic rings. The predicted molar refractivity (Wildman–Crippen MR) is 82.5 cm³/mol. The summed E-state index contributed by atoms with van der Waals surface area (Å²) in [4.78, 5) is 22.6. The van der Waals surface area contributed by atoms with Gasteiger partial charge in [-0.25, -0.2) is 0 Å². The lowest BCUT2D eigenvalue weighted by atomic mass is 10.1. The third-order valence-electron chi connectivity index (χ3n) is 4.17. The Kier molecular flexibility index (Phi) is 4.52. The molecule has 1 aromatic carbocycles. The highest BCUT2D eigenvalue weighted by atomic mass is 35.5. The molecule has 1 atom stereocenters. The summed E-state index contributed by atoms with van der Waals surface area (Å²) in [6, 6.07) is 3.90. The van der Waals surface area contributed by atoms with Crippen molar-refractivity contribution in [1.29, 1.82) is 0 Å². The SMILES string of the molecule is O=C(NC[C@H]1COC2(CCCC2)O1)c1cc(Cl)ccc1[N+](=O)[O-]. The highest BCUT2D eigenvalue weighted by Gasteiger charge is 2.43. The van der Waals surface area contributed by atoms with E-state index in [1.807, 2.05) is 0 Å². The van der Waals surface area contributed by atoms with Crippen LogP contribution in [0.5, 0.6) is 0 Å². The fraction of sp³-hybridized carbons (Fsp3) is 0.533. The van der Waals surface area contributed by atoms with E-state index in [9.17, 15) is 14.9 Å². The van der Waals surface area contributed by atoms with Gasteiger partial charge in [0.05, 0.1) is 11.5 Å². The van der Waals surface area contributed by atoms with E-state index in [-0.39, 0.29) is 28.9 Å². The molecule has 1 spiro atoms. The van der Waals surface area contributed by atoms with Gasteiger partial charge in [0.1, 0.15) is 11.7 Å². The van der Waals surface area contributed by atoms with E-state index in [0.29, 0.717) is 6.61 Å². The Balaban J connectivity index is 1.62. The van der Waals surface area contributed by atoms with Crippen LogP contribution in [0.15, 0.2) is 18.2 Å². The second kappa shape index (κ2) is 6.43. The number of carbonyl (C=O) groups is 1. The normalized spacial score (nSPS) is 22.4.